The lowest BCUT2D eigenvalue weighted by Gasteiger charge is -2.19. The summed E-state index contributed by atoms with van der Waals surface area (Å²) in [4.78, 5) is 11.9. The van der Waals surface area contributed by atoms with Gasteiger partial charge in [0.25, 0.3) is 0 Å². The van der Waals surface area contributed by atoms with E-state index in [1.54, 1.807) is 0 Å². The van der Waals surface area contributed by atoms with Gasteiger partial charge < -0.3 is 4.74 Å². The zero-order chi connectivity index (χ0) is 10.8. The van der Waals surface area contributed by atoms with Crippen LogP contribution in [0.2, 0.25) is 0 Å². The maximum absolute atomic E-state index is 5.73. The average molecular weight is 211 g/mol. The highest BCUT2D eigenvalue weighted by molar-refractivity contribution is 5.61. The second-order valence-electron chi connectivity index (χ2n) is 3.45. The normalized spacial score (nSPS) is 17.9. The Kier molecular flexibility index (Phi) is 2.11. The molecule has 2 heterocycles. The second kappa shape index (κ2) is 3.73. The third-order valence-corrected chi connectivity index (χ3v) is 2.41. The highest BCUT2D eigenvalue weighted by Crippen LogP contribution is 2.29. The fourth-order valence-electron chi connectivity index (χ4n) is 1.62. The van der Waals surface area contributed by atoms with E-state index in [0.717, 1.165) is 12.2 Å². The van der Waals surface area contributed by atoms with Crippen molar-refractivity contribution in [3.8, 4) is 0 Å². The molecule has 0 spiro atoms. The Balaban J connectivity index is 1.96. The van der Waals surface area contributed by atoms with Crippen molar-refractivity contribution in [2.45, 2.75) is 6.42 Å². The van der Waals surface area contributed by atoms with Crippen molar-refractivity contribution in [1.82, 2.24) is 15.0 Å². The lowest BCUT2D eigenvalue weighted by molar-refractivity contribution is 0.381. The molecule has 3 rings (SSSR count). The van der Waals surface area contributed by atoms with Gasteiger partial charge in [-0.25, -0.2) is 15.0 Å². The van der Waals surface area contributed by atoms with Crippen LogP contribution >= 0.6 is 0 Å². The van der Waals surface area contributed by atoms with E-state index in [-0.39, 0.29) is 0 Å². The topological polar surface area (TPSA) is 47.9 Å². The Morgan fingerprint density at radius 1 is 1.00 bits per heavy atom. The van der Waals surface area contributed by atoms with Crippen LogP contribution in [0.5, 0.6) is 0 Å². The van der Waals surface area contributed by atoms with E-state index in [4.69, 9.17) is 4.74 Å². The number of fused-ring (bicyclic) bond motifs is 1. The molecule has 1 aliphatic carbocycles. The van der Waals surface area contributed by atoms with Gasteiger partial charge in [-0.05, 0) is 24.1 Å². The van der Waals surface area contributed by atoms with Crippen LogP contribution in [-0.4, -0.2) is 15.0 Å². The number of hydrogen-bond donors (Lipinski definition) is 0. The van der Waals surface area contributed by atoms with Crippen LogP contribution in [0.1, 0.15) is 12.2 Å². The van der Waals surface area contributed by atoms with Gasteiger partial charge in [-0.2, -0.15) is 0 Å². The van der Waals surface area contributed by atoms with E-state index in [1.165, 1.54) is 18.2 Å². The average Bonchev–Trinajstić information content (AvgIpc) is 2.39. The Labute approximate surface area is 92.7 Å². The third kappa shape index (κ3) is 1.54. The maximum Gasteiger partial charge on any atom is 0.198 e. The molecule has 2 aliphatic rings. The van der Waals surface area contributed by atoms with Gasteiger partial charge in [0.1, 0.15) is 18.4 Å². The first-order valence-corrected chi connectivity index (χ1v) is 5.02. The summed E-state index contributed by atoms with van der Waals surface area (Å²) in [6.45, 7) is 0. The van der Waals surface area contributed by atoms with E-state index >= 15 is 0 Å². The smallest absolute Gasteiger partial charge is 0.198 e. The Hall–Kier alpha value is -2.23. The first-order valence-electron chi connectivity index (χ1n) is 5.02. The van der Waals surface area contributed by atoms with E-state index in [9.17, 15) is 0 Å². The molecule has 0 fully saturated rings. The van der Waals surface area contributed by atoms with Gasteiger partial charge in [-0.1, -0.05) is 18.2 Å². The van der Waals surface area contributed by atoms with Gasteiger partial charge in [0.15, 0.2) is 11.6 Å². The maximum atomic E-state index is 5.73. The van der Waals surface area contributed by atoms with Gasteiger partial charge in [-0.15, -0.1) is 0 Å². The first-order chi connectivity index (χ1) is 7.93. The fourth-order valence-corrected chi connectivity index (χ4v) is 1.62. The van der Waals surface area contributed by atoms with Crippen LogP contribution in [0.4, 0.5) is 0 Å². The standard InChI is InChI=1S/C12H9N3O/c1-2-4-10-9(3-1)5-6-11(16-10)12-14-7-13-8-15-12/h1-2,4-8H,3H2. The van der Waals surface area contributed by atoms with Crippen LogP contribution in [0.25, 0.3) is 5.76 Å². The van der Waals surface area contributed by atoms with Crippen molar-refractivity contribution in [2.75, 3.05) is 0 Å². The first kappa shape index (κ1) is 9.03. The molecule has 0 amide bonds. The molecule has 1 aromatic rings. The quantitative estimate of drug-likeness (QED) is 0.713. The van der Waals surface area contributed by atoms with Gasteiger partial charge in [0.2, 0.25) is 0 Å². The van der Waals surface area contributed by atoms with Crippen molar-refractivity contribution in [3.05, 3.63) is 60.2 Å². The SMILES string of the molecule is C1=CCC2=CC=C(c3ncncn3)OC2=C1. The van der Waals surface area contributed by atoms with E-state index in [2.05, 4.69) is 21.0 Å². The molecule has 1 aliphatic heterocycles. The molecule has 0 unspecified atom stereocenters. The molecule has 0 saturated carbocycles. The van der Waals surface area contributed by atoms with E-state index in [1.807, 2.05) is 24.3 Å². The number of aromatic nitrogens is 3. The highest BCUT2D eigenvalue weighted by Gasteiger charge is 2.16. The van der Waals surface area contributed by atoms with Crippen molar-refractivity contribution in [3.63, 3.8) is 0 Å². The molecule has 0 N–H and O–H groups in total. The minimum Gasteiger partial charge on any atom is -0.453 e. The Morgan fingerprint density at radius 3 is 2.75 bits per heavy atom. The van der Waals surface area contributed by atoms with Gasteiger partial charge >= 0.3 is 0 Å². The highest BCUT2D eigenvalue weighted by atomic mass is 16.5. The van der Waals surface area contributed by atoms with Crippen LogP contribution in [-0.2, 0) is 4.74 Å². The third-order valence-electron chi connectivity index (χ3n) is 2.41. The summed E-state index contributed by atoms with van der Waals surface area (Å²) in [6, 6.07) is 0. The number of hydrogen-bond acceptors (Lipinski definition) is 4. The zero-order valence-electron chi connectivity index (χ0n) is 8.50. The molecule has 1 aromatic heterocycles. The van der Waals surface area contributed by atoms with Gasteiger partial charge in [0.05, 0.1) is 0 Å². The van der Waals surface area contributed by atoms with Crippen LogP contribution in [0, 0.1) is 0 Å². The van der Waals surface area contributed by atoms with Crippen LogP contribution in [0.3, 0.4) is 0 Å². The lowest BCUT2D eigenvalue weighted by Crippen LogP contribution is -2.05. The molecule has 78 valence electrons. The molecule has 4 heteroatoms. The van der Waals surface area contributed by atoms with Gasteiger partial charge in [-0.3, -0.25) is 0 Å². The number of allylic oxidation sites excluding steroid dienone is 6. The Bertz CT molecular complexity index is 526. The monoisotopic (exact) mass is 211 g/mol. The molecular weight excluding hydrogens is 202 g/mol. The van der Waals surface area contributed by atoms with Crippen LogP contribution in [0.15, 0.2) is 54.4 Å². The minimum atomic E-state index is 0.556. The Morgan fingerprint density at radius 2 is 1.88 bits per heavy atom. The van der Waals surface area contributed by atoms with E-state index in [0.29, 0.717) is 11.6 Å². The van der Waals surface area contributed by atoms with Gasteiger partial charge in [0, 0.05) is 0 Å². The largest absolute Gasteiger partial charge is 0.453 e. The van der Waals surface area contributed by atoms with Crippen LogP contribution < -0.4 is 0 Å². The lowest BCUT2D eigenvalue weighted by atomic mass is 10.0. The zero-order valence-corrected chi connectivity index (χ0v) is 8.50. The molecule has 0 atom stereocenters. The van der Waals surface area contributed by atoms with Crippen molar-refractivity contribution in [1.29, 1.82) is 0 Å². The molecule has 0 saturated heterocycles. The molecule has 16 heavy (non-hydrogen) atoms. The molecule has 0 radical (unpaired) electrons. The molecule has 0 bridgehead atoms. The summed E-state index contributed by atoms with van der Waals surface area (Å²) in [5.74, 6) is 2.09. The molecule has 4 nitrogen and oxygen atoms in total. The molecular formula is C12H9N3O. The van der Waals surface area contributed by atoms with E-state index < -0.39 is 0 Å². The van der Waals surface area contributed by atoms with Crippen molar-refractivity contribution in [2.24, 2.45) is 0 Å². The summed E-state index contributed by atoms with van der Waals surface area (Å²) in [5, 5.41) is 0. The number of ether oxygens (including phenoxy) is 1. The minimum absolute atomic E-state index is 0.556. The number of nitrogens with zero attached hydrogens (tertiary/aromatic N) is 3. The molecule has 0 aromatic carbocycles. The second-order valence-corrected chi connectivity index (χ2v) is 3.45. The summed E-state index contributed by atoms with van der Waals surface area (Å²) in [5.41, 5.74) is 1.18. The summed E-state index contributed by atoms with van der Waals surface area (Å²) in [7, 11) is 0. The fraction of sp³-hybridized carbons (Fsp3) is 0.0833. The number of rotatable bonds is 1. The summed E-state index contributed by atoms with van der Waals surface area (Å²) >= 11 is 0. The van der Waals surface area contributed by atoms with Crippen molar-refractivity contribution < 1.29 is 4.74 Å². The predicted octanol–water partition coefficient (Wildman–Crippen LogP) is 2.01. The summed E-state index contributed by atoms with van der Waals surface area (Å²) < 4.78 is 5.73. The summed E-state index contributed by atoms with van der Waals surface area (Å²) in [6.07, 6.45) is 13.8. The predicted molar refractivity (Wildman–Crippen MR) is 58.8 cm³/mol. The van der Waals surface area contributed by atoms with Crippen molar-refractivity contribution >= 4 is 5.76 Å².